The van der Waals surface area contributed by atoms with Gasteiger partial charge >= 0.3 is 18.9 Å². The molecule has 0 rings (SSSR count). The average molecular weight is 81.1 g/mol. The van der Waals surface area contributed by atoms with Crippen LogP contribution in [-0.2, 0) is 0 Å². The summed E-state index contributed by atoms with van der Waals surface area (Å²) in [4.78, 5) is 0. The predicted octanol–water partition coefficient (Wildman–Crippen LogP) is -2.14. The van der Waals surface area contributed by atoms with Crippen LogP contribution in [0.1, 0.15) is 21.7 Å². The Bertz CT molecular complexity index is 25.7. The van der Waals surface area contributed by atoms with E-state index in [9.17, 15) is 0 Å². The summed E-state index contributed by atoms with van der Waals surface area (Å²) >= 11 is 0. The number of rotatable bonds is 1. The number of hydrogen-bond donors (Lipinski definition) is 1. The van der Waals surface area contributed by atoms with Gasteiger partial charge in [0.2, 0.25) is 0 Å². The van der Waals surface area contributed by atoms with Crippen molar-refractivity contribution in [3.05, 3.63) is 0 Å². The molecule has 0 saturated carbocycles. The van der Waals surface area contributed by atoms with E-state index in [0.717, 1.165) is 6.42 Å². The van der Waals surface area contributed by atoms with Gasteiger partial charge in [-0.1, -0.05) is 6.92 Å². The maximum atomic E-state index is 5.29. The van der Waals surface area contributed by atoms with Gasteiger partial charge in [-0.25, -0.2) is 0 Å². The van der Waals surface area contributed by atoms with Gasteiger partial charge in [-0.15, -0.1) is 0 Å². The zero-order chi connectivity index (χ0) is 4.28. The summed E-state index contributed by atoms with van der Waals surface area (Å²) in [6.07, 6.45) is 1.08. The molecular formula is C4H12LiN. The van der Waals surface area contributed by atoms with Gasteiger partial charge in [0, 0.05) is 6.04 Å². The van der Waals surface area contributed by atoms with Gasteiger partial charge in [0.15, 0.2) is 0 Å². The number of hydrogen-bond acceptors (Lipinski definition) is 1. The Morgan fingerprint density at radius 2 is 2.00 bits per heavy atom. The van der Waals surface area contributed by atoms with E-state index in [2.05, 4.69) is 6.92 Å². The monoisotopic (exact) mass is 81.1 g/mol. The van der Waals surface area contributed by atoms with Crippen molar-refractivity contribution in [1.82, 2.24) is 0 Å². The molecule has 0 saturated heterocycles. The molecule has 0 amide bonds. The van der Waals surface area contributed by atoms with E-state index in [1.54, 1.807) is 0 Å². The zero-order valence-corrected chi connectivity index (χ0v) is 4.86. The standard InChI is InChI=1S/C4H11N.Li.H/c1-3-4(2)5;;/h4H,3,5H2,1-2H3;;/q;+1;-1. The van der Waals surface area contributed by atoms with Crippen LogP contribution in [0.25, 0.3) is 0 Å². The third-order valence-electron chi connectivity index (χ3n) is 0.644. The van der Waals surface area contributed by atoms with E-state index < -0.39 is 0 Å². The molecular weight excluding hydrogens is 69.0 g/mol. The first kappa shape index (κ1) is 9.75. The molecule has 0 spiro atoms. The topological polar surface area (TPSA) is 26.0 Å². The predicted molar refractivity (Wildman–Crippen MR) is 25.1 cm³/mol. The van der Waals surface area contributed by atoms with E-state index >= 15 is 0 Å². The van der Waals surface area contributed by atoms with Gasteiger partial charge in [0.1, 0.15) is 0 Å². The van der Waals surface area contributed by atoms with Crippen molar-refractivity contribution < 1.29 is 20.3 Å². The summed E-state index contributed by atoms with van der Waals surface area (Å²) in [7, 11) is 0. The van der Waals surface area contributed by atoms with Crippen LogP contribution in [0.2, 0.25) is 0 Å². The Balaban J connectivity index is -0.0000000800. The van der Waals surface area contributed by atoms with Crippen molar-refractivity contribution >= 4 is 0 Å². The second-order valence-electron chi connectivity index (χ2n) is 1.39. The zero-order valence-electron chi connectivity index (χ0n) is 5.86. The normalized spacial score (nSPS) is 12.5. The molecule has 0 aromatic heterocycles. The van der Waals surface area contributed by atoms with Gasteiger partial charge in [-0.2, -0.15) is 0 Å². The molecule has 0 bridgehead atoms. The molecule has 1 nitrogen and oxygen atoms in total. The molecule has 0 aliphatic carbocycles. The van der Waals surface area contributed by atoms with E-state index in [1.165, 1.54) is 0 Å². The van der Waals surface area contributed by atoms with Crippen LogP contribution in [0.15, 0.2) is 0 Å². The molecule has 1 atom stereocenters. The third-order valence-corrected chi connectivity index (χ3v) is 0.644. The minimum Gasteiger partial charge on any atom is -1.00 e. The molecule has 0 radical (unpaired) electrons. The van der Waals surface area contributed by atoms with Crippen LogP contribution < -0.4 is 24.6 Å². The van der Waals surface area contributed by atoms with Crippen molar-refractivity contribution in [2.45, 2.75) is 26.3 Å². The van der Waals surface area contributed by atoms with E-state index in [0.29, 0.717) is 6.04 Å². The van der Waals surface area contributed by atoms with Crippen molar-refractivity contribution in [2.24, 2.45) is 5.73 Å². The molecule has 0 heterocycles. The Morgan fingerprint density at radius 3 is 2.00 bits per heavy atom. The van der Waals surface area contributed by atoms with Crippen LogP contribution in [-0.4, -0.2) is 6.04 Å². The molecule has 0 aromatic rings. The fourth-order valence-electron chi connectivity index (χ4n) is 0. The first-order chi connectivity index (χ1) is 2.27. The molecule has 6 heavy (non-hydrogen) atoms. The molecule has 0 fully saturated rings. The smallest absolute Gasteiger partial charge is 1.00 e. The van der Waals surface area contributed by atoms with Crippen LogP contribution in [0.5, 0.6) is 0 Å². The van der Waals surface area contributed by atoms with Crippen molar-refractivity contribution in [1.29, 1.82) is 0 Å². The van der Waals surface area contributed by atoms with E-state index in [4.69, 9.17) is 5.73 Å². The maximum absolute atomic E-state index is 5.29. The fraction of sp³-hybridized carbons (Fsp3) is 1.00. The Morgan fingerprint density at radius 1 is 1.83 bits per heavy atom. The first-order valence-electron chi connectivity index (χ1n) is 2.03. The van der Waals surface area contributed by atoms with Gasteiger partial charge < -0.3 is 7.16 Å². The summed E-state index contributed by atoms with van der Waals surface area (Å²) in [5.74, 6) is 0. The van der Waals surface area contributed by atoms with Crippen LogP contribution in [0, 0.1) is 0 Å². The molecule has 2 heteroatoms. The largest absolute Gasteiger partial charge is 1.00 e. The van der Waals surface area contributed by atoms with E-state index in [-0.39, 0.29) is 20.3 Å². The summed E-state index contributed by atoms with van der Waals surface area (Å²) in [5, 5.41) is 0. The average Bonchev–Trinajstić information content (AvgIpc) is 1.38. The molecule has 34 valence electrons. The minimum absolute atomic E-state index is 0. The van der Waals surface area contributed by atoms with Crippen molar-refractivity contribution in [3.8, 4) is 0 Å². The molecule has 0 aliphatic rings. The quantitative estimate of drug-likeness (QED) is 0.358. The minimum atomic E-state index is 0. The molecule has 2 N–H and O–H groups in total. The maximum Gasteiger partial charge on any atom is 1.00 e. The van der Waals surface area contributed by atoms with Crippen LogP contribution >= 0.6 is 0 Å². The summed E-state index contributed by atoms with van der Waals surface area (Å²) in [5.41, 5.74) is 5.29. The van der Waals surface area contributed by atoms with Crippen LogP contribution in [0.3, 0.4) is 0 Å². The fourth-order valence-corrected chi connectivity index (χ4v) is 0. The van der Waals surface area contributed by atoms with Gasteiger partial charge in [0.05, 0.1) is 0 Å². The second kappa shape index (κ2) is 5.56. The van der Waals surface area contributed by atoms with E-state index in [1.807, 2.05) is 6.92 Å². The van der Waals surface area contributed by atoms with Gasteiger partial charge in [-0.3, -0.25) is 0 Å². The van der Waals surface area contributed by atoms with Gasteiger partial charge in [0.25, 0.3) is 0 Å². The molecule has 0 aromatic carbocycles. The Kier molecular flexibility index (Phi) is 9.03. The van der Waals surface area contributed by atoms with Crippen LogP contribution in [0.4, 0.5) is 0 Å². The SMILES string of the molecule is CCC(C)N.[H-].[Li+]. The van der Waals surface area contributed by atoms with Crippen molar-refractivity contribution in [3.63, 3.8) is 0 Å². The molecule has 0 aliphatic heterocycles. The number of nitrogens with two attached hydrogens (primary N) is 1. The summed E-state index contributed by atoms with van der Waals surface area (Å²) in [6, 6.07) is 0.384. The summed E-state index contributed by atoms with van der Waals surface area (Å²) in [6.45, 7) is 4.07. The van der Waals surface area contributed by atoms with Crippen molar-refractivity contribution in [2.75, 3.05) is 0 Å². The molecule has 1 unspecified atom stereocenters. The Labute approximate surface area is 53.0 Å². The first-order valence-corrected chi connectivity index (χ1v) is 2.03. The third kappa shape index (κ3) is 8.82. The second-order valence-corrected chi connectivity index (χ2v) is 1.39. The Hall–Kier alpha value is 0.557. The summed E-state index contributed by atoms with van der Waals surface area (Å²) < 4.78 is 0. The van der Waals surface area contributed by atoms with Gasteiger partial charge in [-0.05, 0) is 13.3 Å².